The maximum atomic E-state index is 12.0. The van der Waals surface area contributed by atoms with E-state index in [0.29, 0.717) is 5.56 Å². The zero-order valence-corrected chi connectivity index (χ0v) is 16.1. The second kappa shape index (κ2) is 11.4. The lowest BCUT2D eigenvalue weighted by molar-refractivity contribution is -0.147. The van der Waals surface area contributed by atoms with E-state index in [1.807, 2.05) is 5.32 Å². The lowest BCUT2D eigenvalue weighted by Gasteiger charge is -2.18. The second-order valence-electron chi connectivity index (χ2n) is 6.48. The number of carbonyl (C=O) groups excluding carboxylic acids is 3. The van der Waals surface area contributed by atoms with Crippen molar-refractivity contribution >= 4 is 29.7 Å². The number of nitrogens with one attached hydrogen (secondary N) is 3. The number of nitrogens with two attached hydrogens (primary N) is 1. The molecule has 0 aliphatic rings. The van der Waals surface area contributed by atoms with Crippen molar-refractivity contribution in [2.24, 2.45) is 5.73 Å². The van der Waals surface area contributed by atoms with Gasteiger partial charge in [-0.3, -0.25) is 19.2 Å². The summed E-state index contributed by atoms with van der Waals surface area (Å²) in [6.45, 7) is 0.794. The first-order valence-corrected chi connectivity index (χ1v) is 8.85. The molecule has 0 fully saturated rings. The van der Waals surface area contributed by atoms with E-state index in [9.17, 15) is 29.1 Å². The molecule has 12 heteroatoms. The number of phenols is 1. The summed E-state index contributed by atoms with van der Waals surface area (Å²) >= 11 is 0. The van der Waals surface area contributed by atoms with Crippen molar-refractivity contribution in [3.05, 3.63) is 29.8 Å². The minimum atomic E-state index is -1.65. The van der Waals surface area contributed by atoms with Crippen LogP contribution in [-0.4, -0.2) is 69.7 Å². The van der Waals surface area contributed by atoms with Gasteiger partial charge in [-0.05, 0) is 31.0 Å². The van der Waals surface area contributed by atoms with E-state index in [0.717, 1.165) is 0 Å². The van der Waals surface area contributed by atoms with Crippen molar-refractivity contribution in [3.63, 3.8) is 0 Å². The van der Waals surface area contributed by atoms with Crippen molar-refractivity contribution in [1.82, 2.24) is 16.0 Å². The summed E-state index contributed by atoms with van der Waals surface area (Å²) in [5.74, 6) is -5.10. The van der Waals surface area contributed by atoms with Gasteiger partial charge < -0.3 is 37.0 Å². The molecule has 3 amide bonds. The zero-order chi connectivity index (χ0) is 22.8. The van der Waals surface area contributed by atoms with Crippen LogP contribution in [0.15, 0.2) is 24.3 Å². The predicted octanol–water partition coefficient (Wildman–Crippen LogP) is -2.07. The lowest BCUT2D eigenvalue weighted by Crippen LogP contribution is -2.53. The maximum absolute atomic E-state index is 12.0. The van der Waals surface area contributed by atoms with Crippen LogP contribution in [0.1, 0.15) is 18.9 Å². The normalized spacial score (nSPS) is 13.4. The molecule has 12 nitrogen and oxygen atoms in total. The number of aliphatic carboxylic acids is 2. The number of phenolic OH excluding ortho intramolecular Hbond substituents is 1. The first-order valence-electron chi connectivity index (χ1n) is 8.85. The fourth-order valence-electron chi connectivity index (χ4n) is 2.31. The van der Waals surface area contributed by atoms with Crippen LogP contribution in [0.2, 0.25) is 0 Å². The number of hydrogen-bond donors (Lipinski definition) is 7. The van der Waals surface area contributed by atoms with E-state index in [-0.39, 0.29) is 12.2 Å². The fraction of sp³-hybridized carbons (Fsp3) is 0.389. The molecule has 0 saturated carbocycles. The van der Waals surface area contributed by atoms with Gasteiger partial charge in [0.15, 0.2) is 0 Å². The third-order valence-electron chi connectivity index (χ3n) is 3.92. The van der Waals surface area contributed by atoms with Gasteiger partial charge in [0.25, 0.3) is 0 Å². The number of carboxylic acids is 2. The molecule has 164 valence electrons. The summed E-state index contributed by atoms with van der Waals surface area (Å²) in [7, 11) is 0. The Morgan fingerprint density at radius 3 is 2.13 bits per heavy atom. The highest BCUT2D eigenvalue weighted by atomic mass is 16.4. The van der Waals surface area contributed by atoms with Crippen LogP contribution in [0.4, 0.5) is 0 Å². The van der Waals surface area contributed by atoms with Crippen molar-refractivity contribution in [2.75, 3.05) is 6.54 Å². The SMILES string of the molecule is CC(NC(=O)CNC(=O)C(N)Cc1ccc(O)cc1)C(=O)NC(CC(=O)O)C(=O)O. The number of rotatable bonds is 11. The van der Waals surface area contributed by atoms with Crippen LogP contribution in [0, 0.1) is 0 Å². The molecule has 1 aromatic carbocycles. The van der Waals surface area contributed by atoms with Crippen LogP contribution in [0.5, 0.6) is 5.75 Å². The monoisotopic (exact) mass is 424 g/mol. The van der Waals surface area contributed by atoms with Gasteiger partial charge in [0.2, 0.25) is 17.7 Å². The highest BCUT2D eigenvalue weighted by Gasteiger charge is 2.26. The van der Waals surface area contributed by atoms with Gasteiger partial charge in [-0.2, -0.15) is 0 Å². The summed E-state index contributed by atoms with van der Waals surface area (Å²) in [4.78, 5) is 57.4. The molecule has 3 atom stereocenters. The largest absolute Gasteiger partial charge is 0.508 e. The average molecular weight is 424 g/mol. The van der Waals surface area contributed by atoms with Gasteiger partial charge in [-0.15, -0.1) is 0 Å². The summed E-state index contributed by atoms with van der Waals surface area (Å²) in [6, 6.07) is 2.34. The Labute approximate surface area is 171 Å². The molecule has 0 aliphatic carbocycles. The highest BCUT2D eigenvalue weighted by Crippen LogP contribution is 2.10. The number of carboxylic acid groups (broad SMARTS) is 2. The molecular weight excluding hydrogens is 400 g/mol. The number of benzene rings is 1. The van der Waals surface area contributed by atoms with Crippen molar-refractivity contribution in [3.8, 4) is 5.75 Å². The Hall–Kier alpha value is -3.67. The van der Waals surface area contributed by atoms with Crippen LogP contribution in [-0.2, 0) is 30.4 Å². The molecule has 0 bridgehead atoms. The van der Waals surface area contributed by atoms with E-state index < -0.39 is 60.8 Å². The first-order chi connectivity index (χ1) is 14.0. The Balaban J connectivity index is 2.45. The molecule has 3 unspecified atom stereocenters. The van der Waals surface area contributed by atoms with E-state index in [1.165, 1.54) is 19.1 Å². The lowest BCUT2D eigenvalue weighted by atomic mass is 10.1. The molecule has 0 spiro atoms. The quantitative estimate of drug-likeness (QED) is 0.208. The molecule has 0 radical (unpaired) electrons. The van der Waals surface area contributed by atoms with Crippen LogP contribution < -0.4 is 21.7 Å². The predicted molar refractivity (Wildman–Crippen MR) is 102 cm³/mol. The second-order valence-corrected chi connectivity index (χ2v) is 6.48. The van der Waals surface area contributed by atoms with Crippen molar-refractivity contribution < 1.29 is 39.3 Å². The summed E-state index contributed by atoms with van der Waals surface area (Å²) in [5.41, 5.74) is 6.48. The minimum absolute atomic E-state index is 0.0734. The standard InChI is InChI=1S/C18H24N4O8/c1-9(16(27)22-13(18(29)30)7-15(25)26)21-14(24)8-20-17(28)12(19)6-10-2-4-11(23)5-3-10/h2-5,9,12-13,23H,6-8,19H2,1H3,(H,20,28)(H,21,24)(H,22,27)(H,25,26)(H,29,30). The molecule has 0 saturated heterocycles. The van der Waals surface area contributed by atoms with Crippen LogP contribution >= 0.6 is 0 Å². The van der Waals surface area contributed by atoms with Gasteiger partial charge >= 0.3 is 11.9 Å². The van der Waals surface area contributed by atoms with Crippen LogP contribution in [0.25, 0.3) is 0 Å². The van der Waals surface area contributed by atoms with Gasteiger partial charge in [0.1, 0.15) is 17.8 Å². The third kappa shape index (κ3) is 8.56. The molecular formula is C18H24N4O8. The molecule has 1 aromatic rings. The topological polar surface area (TPSA) is 208 Å². The molecule has 1 rings (SSSR count). The Morgan fingerprint density at radius 2 is 1.60 bits per heavy atom. The van der Waals surface area contributed by atoms with E-state index in [1.54, 1.807) is 12.1 Å². The average Bonchev–Trinajstić information content (AvgIpc) is 2.66. The number of carbonyl (C=O) groups is 5. The first kappa shape index (κ1) is 24.4. The van der Waals surface area contributed by atoms with Crippen LogP contribution in [0.3, 0.4) is 0 Å². The van der Waals surface area contributed by atoms with Crippen molar-refractivity contribution in [1.29, 1.82) is 0 Å². The Kier molecular flexibility index (Phi) is 9.23. The molecule has 0 aromatic heterocycles. The molecule has 0 heterocycles. The molecule has 0 aliphatic heterocycles. The number of hydrogen-bond acceptors (Lipinski definition) is 7. The van der Waals surface area contributed by atoms with Gasteiger partial charge in [-0.1, -0.05) is 12.1 Å². The number of aromatic hydroxyl groups is 1. The third-order valence-corrected chi connectivity index (χ3v) is 3.92. The van der Waals surface area contributed by atoms with Crippen molar-refractivity contribution in [2.45, 2.75) is 37.9 Å². The smallest absolute Gasteiger partial charge is 0.326 e. The highest BCUT2D eigenvalue weighted by molar-refractivity contribution is 5.93. The Morgan fingerprint density at radius 1 is 1.00 bits per heavy atom. The van der Waals surface area contributed by atoms with E-state index >= 15 is 0 Å². The number of amides is 3. The minimum Gasteiger partial charge on any atom is -0.508 e. The molecule has 30 heavy (non-hydrogen) atoms. The van der Waals surface area contributed by atoms with Gasteiger partial charge in [-0.25, -0.2) is 4.79 Å². The Bertz CT molecular complexity index is 796. The van der Waals surface area contributed by atoms with E-state index in [2.05, 4.69) is 10.6 Å². The zero-order valence-electron chi connectivity index (χ0n) is 16.1. The van der Waals surface area contributed by atoms with E-state index in [4.69, 9.17) is 15.9 Å². The summed E-state index contributed by atoms with van der Waals surface area (Å²) in [5, 5.41) is 33.4. The van der Waals surface area contributed by atoms with Gasteiger partial charge in [0.05, 0.1) is 19.0 Å². The summed E-state index contributed by atoms with van der Waals surface area (Å²) < 4.78 is 0. The maximum Gasteiger partial charge on any atom is 0.326 e. The molecule has 8 N–H and O–H groups in total. The fourth-order valence-corrected chi connectivity index (χ4v) is 2.31. The van der Waals surface area contributed by atoms with Gasteiger partial charge in [0, 0.05) is 0 Å². The summed E-state index contributed by atoms with van der Waals surface area (Å²) in [6.07, 6.45) is -0.649.